The number of benzene rings is 2. The average Bonchev–Trinajstić information content (AvgIpc) is 3.08. The minimum absolute atomic E-state index is 0.0696. The number of fused-ring (bicyclic) bond motifs is 1. The summed E-state index contributed by atoms with van der Waals surface area (Å²) in [5.41, 5.74) is 5.29. The van der Waals surface area contributed by atoms with E-state index in [0.717, 1.165) is 37.2 Å². The van der Waals surface area contributed by atoms with E-state index in [1.165, 1.54) is 11.1 Å². The number of hydrogen-bond acceptors (Lipinski definition) is 3. The molecular formula is C20H20N4O. The molecule has 1 amide bonds. The molecule has 0 radical (unpaired) electrons. The number of aryl methyl sites for hydroxylation is 1. The third-order valence-electron chi connectivity index (χ3n) is 4.79. The topological polar surface area (TPSA) is 51.0 Å². The Hall–Kier alpha value is -2.95. The van der Waals surface area contributed by atoms with Gasteiger partial charge in [-0.25, -0.2) is 0 Å². The maximum atomic E-state index is 13.2. The van der Waals surface area contributed by atoms with Crippen LogP contribution in [-0.2, 0) is 12.8 Å². The summed E-state index contributed by atoms with van der Waals surface area (Å²) in [6, 6.07) is 14.4. The molecule has 0 saturated heterocycles. The number of amides is 1. The number of aromatic nitrogens is 3. The van der Waals surface area contributed by atoms with Crippen LogP contribution in [0.3, 0.4) is 0 Å². The normalized spacial score (nSPS) is 14.0. The van der Waals surface area contributed by atoms with Gasteiger partial charge >= 0.3 is 0 Å². The third-order valence-corrected chi connectivity index (χ3v) is 4.79. The smallest absolute Gasteiger partial charge is 0.256 e. The summed E-state index contributed by atoms with van der Waals surface area (Å²) in [4.78, 5) is 15.2. The molecule has 5 heteroatoms. The van der Waals surface area contributed by atoms with E-state index < -0.39 is 0 Å². The van der Waals surface area contributed by atoms with Crippen LogP contribution in [0.15, 0.2) is 55.1 Å². The Kier molecular flexibility index (Phi) is 4.06. The van der Waals surface area contributed by atoms with Crippen LogP contribution in [0.25, 0.3) is 5.69 Å². The molecule has 2 aromatic carbocycles. The number of nitrogens with zero attached hydrogens (tertiary/aromatic N) is 4. The molecule has 0 saturated carbocycles. The standard InChI is InChI=1S/C20H20N4O/c1-15-6-7-19(24-13-21-22-14-24)18(12-15)20(25)23-10-8-16-4-2-3-5-17(16)9-11-23/h2-7,12-14H,8-11H2,1H3. The van der Waals surface area contributed by atoms with E-state index in [4.69, 9.17) is 0 Å². The largest absolute Gasteiger partial charge is 0.338 e. The molecular weight excluding hydrogens is 312 g/mol. The fourth-order valence-electron chi connectivity index (χ4n) is 3.41. The molecule has 0 N–H and O–H groups in total. The van der Waals surface area contributed by atoms with E-state index in [1.807, 2.05) is 30.0 Å². The fraction of sp³-hybridized carbons (Fsp3) is 0.250. The van der Waals surface area contributed by atoms with Crippen molar-refractivity contribution in [2.24, 2.45) is 0 Å². The molecule has 3 aromatic rings. The van der Waals surface area contributed by atoms with Gasteiger partial charge in [0, 0.05) is 13.1 Å². The molecule has 0 atom stereocenters. The lowest BCUT2D eigenvalue weighted by Gasteiger charge is -2.22. The van der Waals surface area contributed by atoms with Crippen molar-refractivity contribution in [1.29, 1.82) is 0 Å². The molecule has 126 valence electrons. The molecule has 2 heterocycles. The van der Waals surface area contributed by atoms with Crippen molar-refractivity contribution >= 4 is 5.91 Å². The summed E-state index contributed by atoms with van der Waals surface area (Å²) in [5, 5.41) is 7.73. The van der Waals surface area contributed by atoms with Crippen LogP contribution < -0.4 is 0 Å². The van der Waals surface area contributed by atoms with Gasteiger partial charge in [-0.2, -0.15) is 0 Å². The van der Waals surface area contributed by atoms with Gasteiger partial charge in [0.05, 0.1) is 11.3 Å². The lowest BCUT2D eigenvalue weighted by atomic mass is 10.0. The monoisotopic (exact) mass is 332 g/mol. The SMILES string of the molecule is Cc1ccc(-n2cnnc2)c(C(=O)N2CCc3ccccc3CC2)c1. The molecule has 5 nitrogen and oxygen atoms in total. The fourth-order valence-corrected chi connectivity index (χ4v) is 3.41. The molecule has 0 aliphatic carbocycles. The first-order valence-electron chi connectivity index (χ1n) is 8.54. The summed E-state index contributed by atoms with van der Waals surface area (Å²) in [5.74, 6) is 0.0696. The summed E-state index contributed by atoms with van der Waals surface area (Å²) < 4.78 is 1.79. The first-order valence-corrected chi connectivity index (χ1v) is 8.54. The quantitative estimate of drug-likeness (QED) is 0.725. The zero-order chi connectivity index (χ0) is 17.2. The van der Waals surface area contributed by atoms with E-state index in [9.17, 15) is 4.79 Å². The highest BCUT2D eigenvalue weighted by molar-refractivity contribution is 5.98. The predicted molar refractivity (Wildman–Crippen MR) is 95.8 cm³/mol. The van der Waals surface area contributed by atoms with Crippen LogP contribution in [0.2, 0.25) is 0 Å². The van der Waals surface area contributed by atoms with Gasteiger partial charge in [-0.15, -0.1) is 10.2 Å². The predicted octanol–water partition coefficient (Wildman–Crippen LogP) is 2.82. The molecule has 0 fully saturated rings. The maximum Gasteiger partial charge on any atom is 0.256 e. The van der Waals surface area contributed by atoms with Crippen molar-refractivity contribution in [3.8, 4) is 5.69 Å². The molecule has 0 spiro atoms. The minimum Gasteiger partial charge on any atom is -0.338 e. The second-order valence-corrected chi connectivity index (χ2v) is 6.45. The Morgan fingerprint density at radius 2 is 1.60 bits per heavy atom. The lowest BCUT2D eigenvalue weighted by molar-refractivity contribution is 0.0763. The van der Waals surface area contributed by atoms with Crippen LogP contribution in [0.1, 0.15) is 27.0 Å². The van der Waals surface area contributed by atoms with Gasteiger partial charge in [-0.1, -0.05) is 35.9 Å². The zero-order valence-corrected chi connectivity index (χ0v) is 14.2. The molecule has 1 aliphatic rings. The van der Waals surface area contributed by atoms with Gasteiger partial charge in [0.2, 0.25) is 0 Å². The lowest BCUT2D eigenvalue weighted by Crippen LogP contribution is -2.34. The molecule has 1 aliphatic heterocycles. The van der Waals surface area contributed by atoms with E-state index >= 15 is 0 Å². The molecule has 0 bridgehead atoms. The van der Waals surface area contributed by atoms with Crippen molar-refractivity contribution in [1.82, 2.24) is 19.7 Å². The van der Waals surface area contributed by atoms with Gasteiger partial charge < -0.3 is 4.90 Å². The van der Waals surface area contributed by atoms with Crippen LogP contribution in [0.4, 0.5) is 0 Å². The van der Waals surface area contributed by atoms with E-state index in [0.29, 0.717) is 5.56 Å². The van der Waals surface area contributed by atoms with Gasteiger partial charge in [-0.05, 0) is 43.0 Å². The Labute approximate surface area is 146 Å². The molecule has 0 unspecified atom stereocenters. The Morgan fingerprint density at radius 1 is 0.960 bits per heavy atom. The summed E-state index contributed by atoms with van der Waals surface area (Å²) in [6.45, 7) is 3.49. The van der Waals surface area contributed by atoms with E-state index in [2.05, 4.69) is 34.5 Å². The third kappa shape index (κ3) is 3.05. The number of carbonyl (C=O) groups excluding carboxylic acids is 1. The number of carbonyl (C=O) groups is 1. The van der Waals surface area contributed by atoms with E-state index in [-0.39, 0.29) is 5.91 Å². The van der Waals surface area contributed by atoms with Crippen molar-refractivity contribution in [2.75, 3.05) is 13.1 Å². The minimum atomic E-state index is 0.0696. The van der Waals surface area contributed by atoms with E-state index in [1.54, 1.807) is 17.2 Å². The molecule has 25 heavy (non-hydrogen) atoms. The zero-order valence-electron chi connectivity index (χ0n) is 14.2. The van der Waals surface area contributed by atoms with Gasteiger partial charge in [-0.3, -0.25) is 9.36 Å². The van der Waals surface area contributed by atoms with Crippen LogP contribution in [0.5, 0.6) is 0 Å². The highest BCUT2D eigenvalue weighted by Crippen LogP contribution is 2.21. The average molecular weight is 332 g/mol. The highest BCUT2D eigenvalue weighted by atomic mass is 16.2. The summed E-state index contributed by atoms with van der Waals surface area (Å²) in [7, 11) is 0. The van der Waals surface area contributed by atoms with Crippen molar-refractivity contribution < 1.29 is 4.79 Å². The maximum absolute atomic E-state index is 13.2. The number of hydrogen-bond donors (Lipinski definition) is 0. The van der Waals surface area contributed by atoms with Gasteiger partial charge in [0.25, 0.3) is 5.91 Å². The second-order valence-electron chi connectivity index (χ2n) is 6.45. The summed E-state index contributed by atoms with van der Waals surface area (Å²) >= 11 is 0. The van der Waals surface area contributed by atoms with Gasteiger partial charge in [0.15, 0.2) is 0 Å². The van der Waals surface area contributed by atoms with Gasteiger partial charge in [0.1, 0.15) is 12.7 Å². The van der Waals surface area contributed by atoms with Crippen molar-refractivity contribution in [2.45, 2.75) is 19.8 Å². The van der Waals surface area contributed by atoms with Crippen LogP contribution >= 0.6 is 0 Å². The van der Waals surface area contributed by atoms with Crippen molar-refractivity contribution in [3.63, 3.8) is 0 Å². The first-order chi connectivity index (χ1) is 12.2. The van der Waals surface area contributed by atoms with Crippen LogP contribution in [0, 0.1) is 6.92 Å². The second kappa shape index (κ2) is 6.51. The first kappa shape index (κ1) is 15.6. The Bertz CT molecular complexity index is 875. The highest BCUT2D eigenvalue weighted by Gasteiger charge is 2.22. The summed E-state index contributed by atoms with van der Waals surface area (Å²) in [6.07, 6.45) is 5.05. The molecule has 1 aromatic heterocycles. The van der Waals surface area contributed by atoms with Crippen LogP contribution in [-0.4, -0.2) is 38.7 Å². The Balaban J connectivity index is 1.65. The Morgan fingerprint density at radius 3 is 2.24 bits per heavy atom. The molecule has 4 rings (SSSR count). The number of rotatable bonds is 2. The van der Waals surface area contributed by atoms with Crippen molar-refractivity contribution in [3.05, 3.63) is 77.4 Å².